The van der Waals surface area contributed by atoms with E-state index in [1.165, 1.54) is 0 Å². The number of carbonyl (C=O) groups is 1. The summed E-state index contributed by atoms with van der Waals surface area (Å²) in [5.41, 5.74) is 7.24. The highest BCUT2D eigenvalue weighted by Gasteiger charge is 2.39. The summed E-state index contributed by atoms with van der Waals surface area (Å²) < 4.78 is 1.70. The first-order chi connectivity index (χ1) is 9.15. The Morgan fingerprint density at radius 1 is 1.37 bits per heavy atom. The molecular weight excluding hydrogens is 240 g/mol. The smallest absolute Gasteiger partial charge is 0.228 e. The maximum atomic E-state index is 11.9. The van der Waals surface area contributed by atoms with E-state index in [-0.39, 0.29) is 11.8 Å². The first kappa shape index (κ1) is 11.8. The van der Waals surface area contributed by atoms with Gasteiger partial charge in [-0.2, -0.15) is 5.10 Å². The minimum atomic E-state index is 0.0738. The summed E-state index contributed by atoms with van der Waals surface area (Å²) in [6.07, 6.45) is 2.64. The van der Waals surface area contributed by atoms with Crippen molar-refractivity contribution in [2.75, 3.05) is 11.1 Å². The van der Waals surface area contributed by atoms with E-state index in [0.717, 1.165) is 12.1 Å². The van der Waals surface area contributed by atoms with Crippen molar-refractivity contribution in [2.24, 2.45) is 11.8 Å². The van der Waals surface area contributed by atoms with E-state index >= 15 is 0 Å². The van der Waals surface area contributed by atoms with Crippen molar-refractivity contribution in [3.63, 3.8) is 0 Å². The lowest BCUT2D eigenvalue weighted by molar-refractivity contribution is -0.117. The topological polar surface area (TPSA) is 72.9 Å². The van der Waals surface area contributed by atoms with E-state index in [1.54, 1.807) is 16.9 Å². The van der Waals surface area contributed by atoms with Gasteiger partial charge >= 0.3 is 0 Å². The van der Waals surface area contributed by atoms with Crippen LogP contribution in [0.15, 0.2) is 36.5 Å². The van der Waals surface area contributed by atoms with Gasteiger partial charge in [0, 0.05) is 17.7 Å². The van der Waals surface area contributed by atoms with Gasteiger partial charge in [0.2, 0.25) is 5.91 Å². The molecule has 1 fully saturated rings. The summed E-state index contributed by atoms with van der Waals surface area (Å²) >= 11 is 0. The molecule has 1 aromatic heterocycles. The number of hydrogen-bond acceptors (Lipinski definition) is 3. The molecular formula is C14H16N4O. The number of nitrogens with zero attached hydrogens (tertiary/aromatic N) is 2. The normalized spacial score (nSPS) is 21.1. The molecule has 3 rings (SSSR count). The van der Waals surface area contributed by atoms with Gasteiger partial charge in [0.05, 0.1) is 11.9 Å². The Labute approximate surface area is 111 Å². The number of benzene rings is 1. The quantitative estimate of drug-likeness (QED) is 0.825. The summed E-state index contributed by atoms with van der Waals surface area (Å²) in [5, 5.41) is 7.16. The van der Waals surface area contributed by atoms with Crippen molar-refractivity contribution in [1.29, 1.82) is 0 Å². The molecule has 1 aliphatic rings. The van der Waals surface area contributed by atoms with Crippen LogP contribution < -0.4 is 11.1 Å². The van der Waals surface area contributed by atoms with Crippen LogP contribution in [-0.2, 0) is 4.79 Å². The molecule has 0 saturated heterocycles. The summed E-state index contributed by atoms with van der Waals surface area (Å²) in [5.74, 6) is 1.40. The fraction of sp³-hybridized carbons (Fsp3) is 0.286. The second-order valence-electron chi connectivity index (χ2n) is 5.03. The van der Waals surface area contributed by atoms with Crippen molar-refractivity contribution < 1.29 is 4.79 Å². The van der Waals surface area contributed by atoms with E-state index in [0.29, 0.717) is 17.4 Å². The standard InChI is InChI=1S/C14H16N4O/c1-9-8-12(9)14(19)17-13-6-7-16-18(13)11-4-2-10(15)3-5-11/h2-7,9,12H,8,15H2,1H3,(H,17,19). The Kier molecular flexibility index (Phi) is 2.74. The minimum Gasteiger partial charge on any atom is -0.399 e. The maximum Gasteiger partial charge on any atom is 0.228 e. The van der Waals surface area contributed by atoms with E-state index in [9.17, 15) is 4.79 Å². The fourth-order valence-corrected chi connectivity index (χ4v) is 2.13. The van der Waals surface area contributed by atoms with Crippen LogP contribution in [0.3, 0.4) is 0 Å². The lowest BCUT2D eigenvalue weighted by Crippen LogP contribution is -2.17. The molecule has 1 saturated carbocycles. The molecule has 1 aromatic carbocycles. The lowest BCUT2D eigenvalue weighted by atomic mass is 10.3. The van der Waals surface area contributed by atoms with Crippen LogP contribution in [0.1, 0.15) is 13.3 Å². The Balaban J connectivity index is 1.82. The highest BCUT2D eigenvalue weighted by molar-refractivity contribution is 5.93. The van der Waals surface area contributed by atoms with Crippen LogP contribution in [-0.4, -0.2) is 15.7 Å². The summed E-state index contributed by atoms with van der Waals surface area (Å²) in [7, 11) is 0. The van der Waals surface area contributed by atoms with Gasteiger partial charge in [0.15, 0.2) is 0 Å². The highest BCUT2D eigenvalue weighted by atomic mass is 16.2. The molecule has 0 spiro atoms. The van der Waals surface area contributed by atoms with Crippen molar-refractivity contribution in [2.45, 2.75) is 13.3 Å². The van der Waals surface area contributed by atoms with Gasteiger partial charge in [-0.05, 0) is 36.6 Å². The molecule has 5 nitrogen and oxygen atoms in total. The predicted molar refractivity (Wildman–Crippen MR) is 73.9 cm³/mol. The molecule has 5 heteroatoms. The molecule has 0 bridgehead atoms. The molecule has 1 aliphatic carbocycles. The number of nitrogens with one attached hydrogen (secondary N) is 1. The molecule has 1 amide bonds. The number of amides is 1. The zero-order valence-electron chi connectivity index (χ0n) is 10.7. The molecule has 2 aromatic rings. The minimum absolute atomic E-state index is 0.0738. The number of carbonyl (C=O) groups excluding carboxylic acids is 1. The molecule has 2 unspecified atom stereocenters. The van der Waals surface area contributed by atoms with Gasteiger partial charge in [0.1, 0.15) is 5.82 Å². The predicted octanol–water partition coefficient (Wildman–Crippen LogP) is 2.05. The molecule has 0 aliphatic heterocycles. The summed E-state index contributed by atoms with van der Waals surface area (Å²) in [6, 6.07) is 9.16. The van der Waals surface area contributed by atoms with Gasteiger partial charge in [0.25, 0.3) is 0 Å². The Hall–Kier alpha value is -2.30. The molecule has 1 heterocycles. The molecule has 3 N–H and O–H groups in total. The Morgan fingerprint density at radius 3 is 2.68 bits per heavy atom. The third-order valence-corrected chi connectivity index (χ3v) is 3.48. The molecule has 98 valence electrons. The van der Waals surface area contributed by atoms with Gasteiger partial charge in [-0.1, -0.05) is 6.92 Å². The van der Waals surface area contributed by atoms with E-state index in [2.05, 4.69) is 17.3 Å². The third kappa shape index (κ3) is 2.31. The largest absolute Gasteiger partial charge is 0.399 e. The Bertz CT molecular complexity index is 602. The number of rotatable bonds is 3. The van der Waals surface area contributed by atoms with Crippen molar-refractivity contribution in [3.05, 3.63) is 36.5 Å². The lowest BCUT2D eigenvalue weighted by Gasteiger charge is -2.09. The number of anilines is 2. The summed E-state index contributed by atoms with van der Waals surface area (Å²) in [6.45, 7) is 2.08. The van der Waals surface area contributed by atoms with E-state index in [4.69, 9.17) is 5.73 Å². The number of aromatic nitrogens is 2. The Morgan fingerprint density at radius 2 is 2.05 bits per heavy atom. The van der Waals surface area contributed by atoms with Gasteiger partial charge in [-0.3, -0.25) is 4.79 Å². The number of nitrogens with two attached hydrogens (primary N) is 1. The first-order valence-electron chi connectivity index (χ1n) is 6.36. The third-order valence-electron chi connectivity index (χ3n) is 3.48. The van der Waals surface area contributed by atoms with Crippen LogP contribution in [0.5, 0.6) is 0 Å². The summed E-state index contributed by atoms with van der Waals surface area (Å²) in [4.78, 5) is 11.9. The van der Waals surface area contributed by atoms with Crippen molar-refractivity contribution in [3.8, 4) is 5.69 Å². The first-order valence-corrected chi connectivity index (χ1v) is 6.36. The second kappa shape index (κ2) is 4.42. The average Bonchev–Trinajstić information content (AvgIpc) is 2.95. The van der Waals surface area contributed by atoms with Crippen LogP contribution in [0, 0.1) is 11.8 Å². The van der Waals surface area contributed by atoms with Gasteiger partial charge in [-0.15, -0.1) is 0 Å². The zero-order chi connectivity index (χ0) is 13.4. The molecule has 0 radical (unpaired) electrons. The average molecular weight is 256 g/mol. The van der Waals surface area contributed by atoms with Crippen LogP contribution in [0.2, 0.25) is 0 Å². The van der Waals surface area contributed by atoms with E-state index in [1.807, 2.05) is 24.3 Å². The van der Waals surface area contributed by atoms with Crippen LogP contribution in [0.25, 0.3) is 5.69 Å². The zero-order valence-corrected chi connectivity index (χ0v) is 10.7. The number of hydrogen-bond donors (Lipinski definition) is 2. The highest BCUT2D eigenvalue weighted by Crippen LogP contribution is 2.38. The SMILES string of the molecule is CC1CC1C(=O)Nc1ccnn1-c1ccc(N)cc1. The van der Waals surface area contributed by atoms with Crippen LogP contribution >= 0.6 is 0 Å². The maximum absolute atomic E-state index is 11.9. The van der Waals surface area contributed by atoms with Crippen molar-refractivity contribution in [1.82, 2.24) is 9.78 Å². The monoisotopic (exact) mass is 256 g/mol. The fourth-order valence-electron chi connectivity index (χ4n) is 2.13. The molecule has 19 heavy (non-hydrogen) atoms. The second-order valence-corrected chi connectivity index (χ2v) is 5.03. The van der Waals surface area contributed by atoms with E-state index < -0.39 is 0 Å². The van der Waals surface area contributed by atoms with Crippen molar-refractivity contribution >= 4 is 17.4 Å². The van der Waals surface area contributed by atoms with Crippen LogP contribution in [0.4, 0.5) is 11.5 Å². The molecule has 2 atom stereocenters. The van der Waals surface area contributed by atoms with Gasteiger partial charge < -0.3 is 11.1 Å². The van der Waals surface area contributed by atoms with Gasteiger partial charge in [-0.25, -0.2) is 4.68 Å². The number of nitrogen functional groups attached to an aromatic ring is 1.